The van der Waals surface area contributed by atoms with Crippen LogP contribution in [0.5, 0.6) is 5.75 Å². The van der Waals surface area contributed by atoms with Gasteiger partial charge in [-0.3, -0.25) is 0 Å². The second-order valence-corrected chi connectivity index (χ2v) is 4.29. The van der Waals surface area contributed by atoms with Crippen molar-refractivity contribution in [1.29, 1.82) is 0 Å². The molecule has 6 heteroatoms. The number of nitrogens with zero attached hydrogens (tertiary/aromatic N) is 1. The predicted molar refractivity (Wildman–Crippen MR) is 78.3 cm³/mol. The summed E-state index contributed by atoms with van der Waals surface area (Å²) in [4.78, 5) is 3.98. The molecule has 0 aliphatic carbocycles. The zero-order valence-electron chi connectivity index (χ0n) is 11.4. The van der Waals surface area contributed by atoms with Gasteiger partial charge < -0.3 is 15.8 Å². The Kier molecular flexibility index (Phi) is 4.71. The highest BCUT2D eigenvalue weighted by molar-refractivity contribution is 5.92. The Morgan fingerprint density at radius 2 is 2.05 bits per heavy atom. The fourth-order valence-corrected chi connectivity index (χ4v) is 1.72. The molecule has 0 saturated carbocycles. The van der Waals surface area contributed by atoms with E-state index in [2.05, 4.69) is 10.3 Å². The van der Waals surface area contributed by atoms with Crippen LogP contribution in [0.15, 0.2) is 47.5 Å². The monoisotopic (exact) mass is 291 g/mol. The maximum Gasteiger partial charge on any atom is 0.193 e. The molecule has 2 aromatic rings. The summed E-state index contributed by atoms with van der Waals surface area (Å²) in [5, 5.41) is 2.85. The summed E-state index contributed by atoms with van der Waals surface area (Å²) in [6.45, 7) is -0.0492. The van der Waals surface area contributed by atoms with Crippen molar-refractivity contribution in [3.05, 3.63) is 59.7 Å². The fourth-order valence-electron chi connectivity index (χ4n) is 1.72. The number of methoxy groups -OCH3 is 1. The summed E-state index contributed by atoms with van der Waals surface area (Å²) in [7, 11) is 1.56. The number of anilines is 1. The van der Waals surface area contributed by atoms with Crippen LogP contribution in [-0.2, 0) is 6.54 Å². The number of benzene rings is 2. The van der Waals surface area contributed by atoms with Crippen LogP contribution in [-0.4, -0.2) is 13.1 Å². The van der Waals surface area contributed by atoms with Gasteiger partial charge in [0.05, 0.1) is 13.7 Å². The van der Waals surface area contributed by atoms with Crippen LogP contribution in [0, 0.1) is 11.6 Å². The predicted octanol–water partition coefficient (Wildman–Crippen LogP) is 2.90. The van der Waals surface area contributed by atoms with Gasteiger partial charge in [0.15, 0.2) is 5.96 Å². The first-order valence-electron chi connectivity index (χ1n) is 6.23. The lowest BCUT2D eigenvalue weighted by Crippen LogP contribution is -2.22. The molecule has 2 rings (SSSR count). The van der Waals surface area contributed by atoms with E-state index in [4.69, 9.17) is 10.5 Å². The van der Waals surface area contributed by atoms with E-state index in [0.29, 0.717) is 11.4 Å². The molecule has 0 heterocycles. The Morgan fingerprint density at radius 3 is 2.81 bits per heavy atom. The third-order valence-electron chi connectivity index (χ3n) is 2.77. The lowest BCUT2D eigenvalue weighted by molar-refractivity contribution is 0.415. The lowest BCUT2D eigenvalue weighted by Gasteiger charge is -2.07. The minimum absolute atomic E-state index is 0.0492. The zero-order valence-corrected chi connectivity index (χ0v) is 11.4. The second kappa shape index (κ2) is 6.69. The van der Waals surface area contributed by atoms with Crippen LogP contribution < -0.4 is 15.8 Å². The Bertz CT molecular complexity index is 659. The second-order valence-electron chi connectivity index (χ2n) is 4.29. The van der Waals surface area contributed by atoms with Gasteiger partial charge in [-0.1, -0.05) is 6.07 Å². The molecule has 4 nitrogen and oxygen atoms in total. The highest BCUT2D eigenvalue weighted by Crippen LogP contribution is 2.16. The van der Waals surface area contributed by atoms with Crippen molar-refractivity contribution >= 4 is 11.6 Å². The summed E-state index contributed by atoms with van der Waals surface area (Å²) in [5.74, 6) is -0.258. The van der Waals surface area contributed by atoms with Gasteiger partial charge in [-0.25, -0.2) is 13.8 Å². The van der Waals surface area contributed by atoms with Crippen LogP contribution >= 0.6 is 0 Å². The number of ether oxygens (including phenoxy) is 1. The van der Waals surface area contributed by atoms with E-state index in [1.165, 1.54) is 0 Å². The number of hydrogen-bond donors (Lipinski definition) is 2. The number of halogens is 2. The first-order valence-corrected chi connectivity index (χ1v) is 6.23. The molecule has 2 aromatic carbocycles. The van der Waals surface area contributed by atoms with Gasteiger partial charge in [0.1, 0.15) is 17.4 Å². The lowest BCUT2D eigenvalue weighted by atomic mass is 10.2. The maximum atomic E-state index is 13.4. The molecule has 0 atom stereocenters. The smallest absolute Gasteiger partial charge is 0.193 e. The fraction of sp³-hybridized carbons (Fsp3) is 0.133. The molecule has 0 amide bonds. The van der Waals surface area contributed by atoms with Crippen molar-refractivity contribution in [3.63, 3.8) is 0 Å². The molecule has 0 bridgehead atoms. The van der Waals surface area contributed by atoms with E-state index in [0.717, 1.165) is 18.2 Å². The zero-order chi connectivity index (χ0) is 15.2. The molecule has 0 radical (unpaired) electrons. The van der Waals surface area contributed by atoms with Gasteiger partial charge >= 0.3 is 0 Å². The van der Waals surface area contributed by atoms with E-state index in [1.54, 1.807) is 31.4 Å². The van der Waals surface area contributed by atoms with Crippen LogP contribution in [0.25, 0.3) is 0 Å². The van der Waals surface area contributed by atoms with Gasteiger partial charge in [-0.2, -0.15) is 0 Å². The van der Waals surface area contributed by atoms with Gasteiger partial charge in [-0.15, -0.1) is 0 Å². The van der Waals surface area contributed by atoms with Crippen molar-refractivity contribution in [2.24, 2.45) is 10.7 Å². The number of nitrogens with two attached hydrogens (primary N) is 1. The van der Waals surface area contributed by atoms with Crippen LogP contribution in [0.2, 0.25) is 0 Å². The van der Waals surface area contributed by atoms with Crippen LogP contribution in [0.4, 0.5) is 14.5 Å². The Morgan fingerprint density at radius 1 is 1.24 bits per heavy atom. The molecule has 0 fully saturated rings. The van der Waals surface area contributed by atoms with Gasteiger partial charge in [0, 0.05) is 17.3 Å². The van der Waals surface area contributed by atoms with E-state index in [1.807, 2.05) is 0 Å². The minimum Gasteiger partial charge on any atom is -0.497 e. The van der Waals surface area contributed by atoms with Crippen LogP contribution in [0.1, 0.15) is 5.56 Å². The molecule has 0 aromatic heterocycles. The van der Waals surface area contributed by atoms with Crippen molar-refractivity contribution in [3.8, 4) is 5.75 Å². The highest BCUT2D eigenvalue weighted by atomic mass is 19.1. The largest absolute Gasteiger partial charge is 0.497 e. The highest BCUT2D eigenvalue weighted by Gasteiger charge is 2.03. The Hall–Kier alpha value is -2.63. The topological polar surface area (TPSA) is 59.6 Å². The molecule has 0 saturated heterocycles. The summed E-state index contributed by atoms with van der Waals surface area (Å²) >= 11 is 0. The third-order valence-corrected chi connectivity index (χ3v) is 2.77. The van der Waals surface area contributed by atoms with Gasteiger partial charge in [0.25, 0.3) is 0 Å². The van der Waals surface area contributed by atoms with E-state index >= 15 is 0 Å². The summed E-state index contributed by atoms with van der Waals surface area (Å²) in [6.07, 6.45) is 0. The van der Waals surface area contributed by atoms with Crippen molar-refractivity contribution < 1.29 is 13.5 Å². The Labute approximate surface area is 121 Å². The molecule has 0 aliphatic rings. The number of hydrogen-bond acceptors (Lipinski definition) is 2. The number of nitrogens with one attached hydrogen (secondary N) is 1. The molecule has 3 N–H and O–H groups in total. The molecule has 0 spiro atoms. The SMILES string of the molecule is COc1cccc(NC(N)=NCc2cc(F)ccc2F)c1. The molecular formula is C15H15F2N3O. The maximum absolute atomic E-state index is 13.4. The van der Waals surface area contributed by atoms with Crippen LogP contribution in [0.3, 0.4) is 0 Å². The van der Waals surface area contributed by atoms with Gasteiger partial charge in [0.2, 0.25) is 0 Å². The molecule has 0 unspecified atom stereocenters. The first-order chi connectivity index (χ1) is 10.1. The molecule has 0 aliphatic heterocycles. The van der Waals surface area contributed by atoms with E-state index < -0.39 is 11.6 Å². The normalized spacial score (nSPS) is 11.3. The number of aliphatic imine (C=N–C) groups is 1. The number of guanidine groups is 1. The summed E-state index contributed by atoms with van der Waals surface area (Å²) in [6, 6.07) is 10.3. The first kappa shape index (κ1) is 14.8. The minimum atomic E-state index is -0.519. The van der Waals surface area contributed by atoms with Crippen molar-refractivity contribution in [1.82, 2.24) is 0 Å². The summed E-state index contributed by atoms with van der Waals surface area (Å²) in [5.41, 5.74) is 6.55. The third kappa shape index (κ3) is 4.17. The van der Waals surface area contributed by atoms with E-state index in [-0.39, 0.29) is 18.1 Å². The van der Waals surface area contributed by atoms with Gasteiger partial charge in [-0.05, 0) is 30.3 Å². The molecule has 21 heavy (non-hydrogen) atoms. The standard InChI is InChI=1S/C15H15F2N3O/c1-21-13-4-2-3-12(8-13)20-15(18)19-9-10-7-11(16)5-6-14(10)17/h2-8H,9H2,1H3,(H3,18,19,20). The van der Waals surface area contributed by atoms with Crippen molar-refractivity contribution in [2.45, 2.75) is 6.54 Å². The average molecular weight is 291 g/mol. The van der Waals surface area contributed by atoms with E-state index in [9.17, 15) is 8.78 Å². The average Bonchev–Trinajstić information content (AvgIpc) is 2.48. The Balaban J connectivity index is 2.05. The summed E-state index contributed by atoms with van der Waals surface area (Å²) < 4.78 is 31.5. The molecule has 110 valence electrons. The number of rotatable bonds is 4. The van der Waals surface area contributed by atoms with Crippen molar-refractivity contribution in [2.75, 3.05) is 12.4 Å². The molecular weight excluding hydrogens is 276 g/mol. The quantitative estimate of drug-likeness (QED) is 0.672.